The van der Waals surface area contributed by atoms with Crippen molar-refractivity contribution in [3.8, 4) is 0 Å². The Morgan fingerprint density at radius 3 is 2.50 bits per heavy atom. The average Bonchev–Trinajstić information content (AvgIpc) is 2.61. The first-order chi connectivity index (χ1) is 8.31. The lowest BCUT2D eigenvalue weighted by molar-refractivity contribution is -0.149. The summed E-state index contributed by atoms with van der Waals surface area (Å²) in [5, 5.41) is 3.45. The fraction of sp³-hybridized carbons (Fsp3) is 0.636. The molecule has 0 saturated heterocycles. The number of aryl methyl sites for hydroxylation is 1. The van der Waals surface area contributed by atoms with Crippen molar-refractivity contribution < 1.29 is 22.7 Å². The molecule has 0 bridgehead atoms. The number of esters is 1. The molecule has 0 saturated carbocycles. The Balaban J connectivity index is 3.05. The molecule has 18 heavy (non-hydrogen) atoms. The molecule has 102 valence electrons. The maximum Gasteiger partial charge on any atom is 0.435 e. The number of carbonyl (C=O) groups is 1. The van der Waals surface area contributed by atoms with Crippen LogP contribution >= 0.6 is 0 Å². The molecular formula is C11H15F3N2O2. The zero-order valence-electron chi connectivity index (χ0n) is 10.4. The number of ether oxygens (including phenoxy) is 1. The van der Waals surface area contributed by atoms with Gasteiger partial charge in [0.1, 0.15) is 6.04 Å². The van der Waals surface area contributed by atoms with Crippen molar-refractivity contribution in [2.45, 2.75) is 39.4 Å². The van der Waals surface area contributed by atoms with E-state index in [0.717, 1.165) is 4.68 Å². The third-order valence-electron chi connectivity index (χ3n) is 2.45. The van der Waals surface area contributed by atoms with Crippen LogP contribution in [0.3, 0.4) is 0 Å². The molecule has 4 nitrogen and oxygen atoms in total. The molecule has 0 aliphatic rings. The third-order valence-corrected chi connectivity index (χ3v) is 2.45. The minimum absolute atomic E-state index is 0.00903. The molecule has 1 heterocycles. The standard InChI is InChI=1S/C11H15F3N2O2/c1-4-8(10(17)18-5-2)16-6-7(3)9(15-16)11(12,13)14/h6,8H,4-5H2,1-3H3/t8-/m0/s1. The number of aromatic nitrogens is 2. The molecule has 1 rings (SSSR count). The Morgan fingerprint density at radius 2 is 2.11 bits per heavy atom. The van der Waals surface area contributed by atoms with Crippen LogP contribution < -0.4 is 0 Å². The summed E-state index contributed by atoms with van der Waals surface area (Å²) in [6.45, 7) is 4.82. The van der Waals surface area contributed by atoms with E-state index >= 15 is 0 Å². The maximum absolute atomic E-state index is 12.6. The largest absolute Gasteiger partial charge is 0.464 e. The van der Waals surface area contributed by atoms with E-state index in [1.54, 1.807) is 13.8 Å². The van der Waals surface area contributed by atoms with Gasteiger partial charge in [-0.15, -0.1) is 0 Å². The molecular weight excluding hydrogens is 249 g/mol. The summed E-state index contributed by atoms with van der Waals surface area (Å²) >= 11 is 0. The van der Waals surface area contributed by atoms with Gasteiger partial charge >= 0.3 is 12.1 Å². The van der Waals surface area contributed by atoms with Gasteiger partial charge in [0, 0.05) is 6.20 Å². The van der Waals surface area contributed by atoms with E-state index in [1.807, 2.05) is 0 Å². The van der Waals surface area contributed by atoms with E-state index in [4.69, 9.17) is 4.74 Å². The molecule has 1 atom stereocenters. The first-order valence-corrected chi connectivity index (χ1v) is 5.60. The Bertz CT molecular complexity index is 426. The van der Waals surface area contributed by atoms with Crippen molar-refractivity contribution in [2.24, 2.45) is 0 Å². The highest BCUT2D eigenvalue weighted by molar-refractivity contribution is 5.74. The van der Waals surface area contributed by atoms with Crippen LogP contribution in [0.4, 0.5) is 13.2 Å². The topological polar surface area (TPSA) is 44.1 Å². The van der Waals surface area contributed by atoms with Crippen molar-refractivity contribution in [3.05, 3.63) is 17.5 Å². The van der Waals surface area contributed by atoms with Crippen LogP contribution in [0.15, 0.2) is 6.20 Å². The predicted molar refractivity (Wildman–Crippen MR) is 57.9 cm³/mol. The average molecular weight is 264 g/mol. The summed E-state index contributed by atoms with van der Waals surface area (Å²) in [4.78, 5) is 11.6. The molecule has 1 aromatic rings. The number of hydrogen-bond donors (Lipinski definition) is 0. The number of nitrogens with zero attached hydrogens (tertiary/aromatic N) is 2. The molecule has 0 aliphatic heterocycles. The summed E-state index contributed by atoms with van der Waals surface area (Å²) < 4.78 is 43.6. The maximum atomic E-state index is 12.6. The second-order valence-electron chi connectivity index (χ2n) is 3.81. The third kappa shape index (κ3) is 3.02. The summed E-state index contributed by atoms with van der Waals surface area (Å²) in [6, 6.07) is -0.820. The molecule has 0 N–H and O–H groups in total. The predicted octanol–water partition coefficient (Wildman–Crippen LogP) is 2.72. The molecule has 0 aromatic carbocycles. The highest BCUT2D eigenvalue weighted by Crippen LogP contribution is 2.31. The number of halogens is 3. The molecule has 0 radical (unpaired) electrons. The van der Waals surface area contributed by atoms with Gasteiger partial charge in [0.25, 0.3) is 0 Å². The monoisotopic (exact) mass is 264 g/mol. The Kier molecular flexibility index (Phi) is 4.37. The zero-order valence-corrected chi connectivity index (χ0v) is 10.4. The van der Waals surface area contributed by atoms with E-state index in [9.17, 15) is 18.0 Å². The SMILES string of the molecule is CCOC(=O)[C@H](CC)n1cc(C)c(C(F)(F)F)n1. The van der Waals surface area contributed by atoms with Crippen LogP contribution in [-0.2, 0) is 15.7 Å². The summed E-state index contributed by atoms with van der Waals surface area (Å²) in [5.74, 6) is -0.573. The fourth-order valence-corrected chi connectivity index (χ4v) is 1.62. The number of rotatable bonds is 4. The minimum Gasteiger partial charge on any atom is -0.464 e. The van der Waals surface area contributed by atoms with E-state index < -0.39 is 23.9 Å². The Labute approximate surface area is 103 Å². The summed E-state index contributed by atoms with van der Waals surface area (Å²) in [5.41, 5.74) is -0.976. The van der Waals surface area contributed by atoms with Crippen LogP contribution in [0.5, 0.6) is 0 Å². The van der Waals surface area contributed by atoms with Gasteiger partial charge in [0.05, 0.1) is 6.61 Å². The van der Waals surface area contributed by atoms with Crippen molar-refractivity contribution in [3.63, 3.8) is 0 Å². The van der Waals surface area contributed by atoms with Gasteiger partial charge < -0.3 is 4.74 Å². The van der Waals surface area contributed by atoms with Crippen LogP contribution in [0.2, 0.25) is 0 Å². The highest BCUT2D eigenvalue weighted by Gasteiger charge is 2.37. The Hall–Kier alpha value is -1.53. The lowest BCUT2D eigenvalue weighted by Crippen LogP contribution is -2.22. The fourth-order valence-electron chi connectivity index (χ4n) is 1.62. The number of carbonyl (C=O) groups excluding carboxylic acids is 1. The molecule has 0 spiro atoms. The minimum atomic E-state index is -4.51. The van der Waals surface area contributed by atoms with Crippen LogP contribution in [0.1, 0.15) is 37.6 Å². The molecule has 0 aliphatic carbocycles. The van der Waals surface area contributed by atoms with Gasteiger partial charge in [0.15, 0.2) is 5.69 Å². The van der Waals surface area contributed by atoms with Gasteiger partial charge in [-0.05, 0) is 25.8 Å². The van der Waals surface area contributed by atoms with E-state index in [-0.39, 0.29) is 12.2 Å². The first-order valence-electron chi connectivity index (χ1n) is 5.60. The molecule has 0 fully saturated rings. The van der Waals surface area contributed by atoms with Gasteiger partial charge in [-0.2, -0.15) is 18.3 Å². The zero-order chi connectivity index (χ0) is 13.9. The van der Waals surface area contributed by atoms with E-state index in [0.29, 0.717) is 6.42 Å². The number of alkyl halides is 3. The molecule has 0 unspecified atom stereocenters. The smallest absolute Gasteiger partial charge is 0.435 e. The molecule has 1 aromatic heterocycles. The summed E-state index contributed by atoms with van der Waals surface area (Å²) in [6.07, 6.45) is -2.98. The quantitative estimate of drug-likeness (QED) is 0.785. The van der Waals surface area contributed by atoms with Crippen molar-refractivity contribution in [2.75, 3.05) is 6.61 Å². The Morgan fingerprint density at radius 1 is 1.50 bits per heavy atom. The normalized spacial score (nSPS) is 13.4. The first kappa shape index (κ1) is 14.5. The number of hydrogen-bond acceptors (Lipinski definition) is 3. The van der Waals surface area contributed by atoms with Crippen molar-refractivity contribution in [1.82, 2.24) is 9.78 Å². The van der Waals surface area contributed by atoms with Crippen LogP contribution in [0.25, 0.3) is 0 Å². The lowest BCUT2D eigenvalue weighted by Gasteiger charge is -2.13. The second kappa shape index (κ2) is 5.41. The van der Waals surface area contributed by atoms with E-state index in [1.165, 1.54) is 13.1 Å². The van der Waals surface area contributed by atoms with Gasteiger partial charge in [0.2, 0.25) is 0 Å². The summed E-state index contributed by atoms with van der Waals surface area (Å²) in [7, 11) is 0. The van der Waals surface area contributed by atoms with Crippen molar-refractivity contribution >= 4 is 5.97 Å². The van der Waals surface area contributed by atoms with Crippen LogP contribution in [-0.4, -0.2) is 22.4 Å². The second-order valence-corrected chi connectivity index (χ2v) is 3.81. The highest BCUT2D eigenvalue weighted by atomic mass is 19.4. The molecule has 7 heteroatoms. The van der Waals surface area contributed by atoms with Crippen LogP contribution in [0, 0.1) is 6.92 Å². The van der Waals surface area contributed by atoms with Gasteiger partial charge in [-0.25, -0.2) is 4.79 Å². The lowest BCUT2D eigenvalue weighted by atomic mass is 10.2. The van der Waals surface area contributed by atoms with Crippen molar-refractivity contribution in [1.29, 1.82) is 0 Å². The van der Waals surface area contributed by atoms with Gasteiger partial charge in [-0.3, -0.25) is 4.68 Å². The molecule has 0 amide bonds. The van der Waals surface area contributed by atoms with E-state index in [2.05, 4.69) is 5.10 Å². The van der Waals surface area contributed by atoms with Gasteiger partial charge in [-0.1, -0.05) is 6.92 Å².